The number of aromatic nitrogens is 2. The van der Waals surface area contributed by atoms with Gasteiger partial charge in [0.1, 0.15) is 33.0 Å². The summed E-state index contributed by atoms with van der Waals surface area (Å²) in [7, 11) is 3.05. The van der Waals surface area contributed by atoms with Gasteiger partial charge in [-0.2, -0.15) is 16.8 Å². The van der Waals surface area contributed by atoms with Gasteiger partial charge in [-0.05, 0) is 48.5 Å². The lowest BCUT2D eigenvalue weighted by Gasteiger charge is -2.25. The van der Waals surface area contributed by atoms with Gasteiger partial charge in [0.05, 0.1) is 76.1 Å². The summed E-state index contributed by atoms with van der Waals surface area (Å²) in [6.45, 7) is 1.57. The summed E-state index contributed by atoms with van der Waals surface area (Å²) in [4.78, 5) is 13.6. The van der Waals surface area contributed by atoms with Crippen LogP contribution < -0.4 is 28.7 Å². The highest BCUT2D eigenvalue weighted by Crippen LogP contribution is 2.39. The molecule has 0 radical (unpaired) electrons. The monoisotopic (exact) mass is 774 g/mol. The number of anilines is 2. The summed E-state index contributed by atoms with van der Waals surface area (Å²) in [5.41, 5.74) is 5.32. The van der Waals surface area contributed by atoms with Crippen LogP contribution in [0, 0.1) is 0 Å². The van der Waals surface area contributed by atoms with E-state index in [0.717, 1.165) is 47.0 Å². The second kappa shape index (κ2) is 18.8. The molecule has 0 spiro atoms. The Balaban J connectivity index is 0.000000761. The molecule has 50 heavy (non-hydrogen) atoms. The molecule has 14 nitrogen and oxygen atoms in total. The molecule has 0 unspecified atom stereocenters. The third kappa shape index (κ3) is 13.7. The third-order valence-corrected chi connectivity index (χ3v) is 7.38. The van der Waals surface area contributed by atoms with Crippen LogP contribution in [0.5, 0.6) is 23.0 Å². The Morgan fingerprint density at radius 2 is 0.860 bits per heavy atom. The Kier molecular flexibility index (Phi) is 15.8. The van der Waals surface area contributed by atoms with Crippen molar-refractivity contribution in [3.8, 4) is 45.5 Å². The number of benzene rings is 2. The molecule has 0 atom stereocenters. The van der Waals surface area contributed by atoms with Gasteiger partial charge in [-0.15, -0.1) is 0 Å². The van der Waals surface area contributed by atoms with Crippen molar-refractivity contribution in [2.45, 2.75) is 0 Å². The van der Waals surface area contributed by atoms with Crippen LogP contribution in [0.4, 0.5) is 11.4 Å². The van der Waals surface area contributed by atoms with E-state index in [4.69, 9.17) is 51.3 Å². The van der Waals surface area contributed by atoms with E-state index >= 15 is 0 Å². The molecule has 0 saturated carbocycles. The Morgan fingerprint density at radius 3 is 1.06 bits per heavy atom. The van der Waals surface area contributed by atoms with Crippen molar-refractivity contribution < 1.29 is 44.9 Å². The first-order chi connectivity index (χ1) is 23.3. The van der Waals surface area contributed by atoms with Gasteiger partial charge < -0.3 is 28.7 Å². The molecule has 0 aliphatic rings. The van der Waals surface area contributed by atoms with E-state index in [-0.39, 0.29) is 0 Å². The molecule has 274 valence electrons. The number of rotatable bonds is 11. The summed E-state index contributed by atoms with van der Waals surface area (Å²) in [5.74, 6) is 2.16. The van der Waals surface area contributed by atoms with Gasteiger partial charge in [0.2, 0.25) is 0 Å². The van der Waals surface area contributed by atoms with Crippen molar-refractivity contribution in [3.05, 3.63) is 71.0 Å². The number of hydrogen-bond donors (Lipinski definition) is 2. The van der Waals surface area contributed by atoms with Crippen molar-refractivity contribution in [2.75, 3.05) is 77.9 Å². The highest BCUT2D eigenvalue weighted by molar-refractivity contribution is 7.85. The molecule has 4 aromatic rings. The fraction of sp³-hybridized carbons (Fsp3) is 0.312. The molecular weight excluding hydrogens is 735 g/mol. The Hall–Kier alpha value is -4.06. The first-order valence-corrected chi connectivity index (χ1v) is 18.8. The van der Waals surface area contributed by atoms with E-state index in [1.165, 1.54) is 0 Å². The van der Waals surface area contributed by atoms with Gasteiger partial charge in [-0.1, -0.05) is 23.2 Å². The summed E-state index contributed by atoms with van der Waals surface area (Å²) < 4.78 is 73.3. The molecule has 4 rings (SSSR count). The summed E-state index contributed by atoms with van der Waals surface area (Å²) >= 11 is 12.6. The highest BCUT2D eigenvalue weighted by Gasteiger charge is 2.14. The Morgan fingerprint density at radius 1 is 0.600 bits per heavy atom. The zero-order valence-corrected chi connectivity index (χ0v) is 31.9. The lowest BCUT2D eigenvalue weighted by molar-refractivity contribution is 0.395. The molecule has 0 saturated heterocycles. The number of likely N-dealkylation sites (N-methyl/N-ethyl adjacent to an activating group) is 2. The van der Waals surface area contributed by atoms with Crippen LogP contribution in [0.3, 0.4) is 0 Å². The fourth-order valence-corrected chi connectivity index (χ4v) is 4.68. The average Bonchev–Trinajstić information content (AvgIpc) is 3.06. The van der Waals surface area contributed by atoms with E-state index < -0.39 is 20.2 Å². The summed E-state index contributed by atoms with van der Waals surface area (Å²) in [5, 5.41) is 0.869. The number of halogens is 2. The molecule has 2 N–H and O–H groups in total. The van der Waals surface area contributed by atoms with Gasteiger partial charge in [0.15, 0.2) is 0 Å². The minimum absolute atomic E-state index is 0.435. The SMILES string of the molecule is COc1cc(-c2ccc(N(C)CCN(C)c3ccc(-c4cc(OC)c(Cl)c(OC)c4)nc3)cn2)cc(OC)c1Cl.CS(=O)(=O)O.CS(=O)(=O)O. The Labute approximate surface area is 303 Å². The molecule has 0 bridgehead atoms. The maximum Gasteiger partial charge on any atom is 0.261 e. The van der Waals surface area contributed by atoms with E-state index in [0.29, 0.717) is 45.6 Å². The van der Waals surface area contributed by atoms with Crippen molar-refractivity contribution >= 4 is 54.8 Å². The molecule has 0 fully saturated rings. The van der Waals surface area contributed by atoms with E-state index in [2.05, 4.69) is 19.8 Å². The lowest BCUT2D eigenvalue weighted by atomic mass is 10.1. The molecule has 0 aliphatic carbocycles. The summed E-state index contributed by atoms with van der Waals surface area (Å²) in [6.07, 6.45) is 5.14. The van der Waals surface area contributed by atoms with Gasteiger partial charge in [-0.3, -0.25) is 19.1 Å². The fourth-order valence-electron chi connectivity index (χ4n) is 4.16. The van der Waals surface area contributed by atoms with Crippen molar-refractivity contribution in [1.29, 1.82) is 0 Å². The predicted octanol–water partition coefficient (Wildman–Crippen LogP) is 5.73. The molecule has 18 heteroatoms. The lowest BCUT2D eigenvalue weighted by Crippen LogP contribution is -2.30. The predicted molar refractivity (Wildman–Crippen MR) is 197 cm³/mol. The topological polar surface area (TPSA) is 178 Å². The number of methoxy groups -OCH3 is 4. The standard InChI is InChI=1S/C30H32Cl2N4O4.2CH4O3S/c1-35(21-7-9-23(33-17-21)19-13-25(37-3)29(31)26(14-19)38-4)11-12-36(2)22-8-10-24(34-18-22)20-15-27(39-5)30(32)28(16-20)40-6;2*1-5(2,3)4/h7-10,13-18H,11-12H2,1-6H3;2*1H3,(H,2,3,4). The minimum atomic E-state index is -3.67. The number of hydrogen-bond acceptors (Lipinski definition) is 12. The first kappa shape index (κ1) is 42.1. The molecule has 2 heterocycles. The molecule has 0 aliphatic heterocycles. The average molecular weight is 776 g/mol. The van der Waals surface area contributed by atoms with Crippen molar-refractivity contribution in [2.24, 2.45) is 0 Å². The highest BCUT2D eigenvalue weighted by atomic mass is 35.5. The molecule has 2 aromatic heterocycles. The van der Waals surface area contributed by atoms with E-state index in [1.54, 1.807) is 28.4 Å². The molecule has 2 aromatic carbocycles. The van der Waals surface area contributed by atoms with Crippen LogP contribution in [0.15, 0.2) is 60.9 Å². The summed E-state index contributed by atoms with van der Waals surface area (Å²) in [6, 6.07) is 15.4. The maximum absolute atomic E-state index is 9.19. The third-order valence-electron chi connectivity index (χ3n) is 6.63. The van der Waals surface area contributed by atoms with Gasteiger partial charge >= 0.3 is 0 Å². The van der Waals surface area contributed by atoms with Gasteiger partial charge in [0, 0.05) is 38.3 Å². The number of pyridine rings is 2. The number of nitrogens with zero attached hydrogens (tertiary/aromatic N) is 4. The van der Waals surface area contributed by atoms with Crippen LogP contribution in [-0.2, 0) is 20.2 Å². The van der Waals surface area contributed by atoms with Crippen molar-refractivity contribution in [1.82, 2.24) is 9.97 Å². The zero-order valence-electron chi connectivity index (χ0n) is 28.7. The van der Waals surface area contributed by atoms with Crippen molar-refractivity contribution in [3.63, 3.8) is 0 Å². The normalized spacial score (nSPS) is 10.9. The Bertz CT molecular complexity index is 1720. The van der Waals surface area contributed by atoms with Crippen LogP contribution in [-0.4, -0.2) is 104 Å². The number of ether oxygens (including phenoxy) is 4. The quantitative estimate of drug-likeness (QED) is 0.177. The largest absolute Gasteiger partial charge is 0.495 e. The van der Waals surface area contributed by atoms with Crippen LogP contribution in [0.25, 0.3) is 22.5 Å². The maximum atomic E-state index is 9.19. The molecule has 0 amide bonds. The van der Waals surface area contributed by atoms with Gasteiger partial charge in [0.25, 0.3) is 20.2 Å². The first-order valence-electron chi connectivity index (χ1n) is 14.3. The van der Waals surface area contributed by atoms with Crippen LogP contribution in [0.2, 0.25) is 10.0 Å². The molecular formula is C32H40Cl2N4O10S2. The second-order valence-corrected chi connectivity index (χ2v) is 14.2. The second-order valence-electron chi connectivity index (χ2n) is 10.5. The smallest absolute Gasteiger partial charge is 0.261 e. The van der Waals surface area contributed by atoms with Gasteiger partial charge in [-0.25, -0.2) is 0 Å². The van der Waals surface area contributed by atoms with E-state index in [1.807, 2.05) is 75.0 Å². The minimum Gasteiger partial charge on any atom is -0.495 e. The zero-order chi connectivity index (χ0) is 37.8. The van der Waals surface area contributed by atoms with E-state index in [9.17, 15) is 16.8 Å². The van der Waals surface area contributed by atoms with Crippen LogP contribution >= 0.6 is 23.2 Å². The van der Waals surface area contributed by atoms with Crippen LogP contribution in [0.1, 0.15) is 0 Å².